The summed E-state index contributed by atoms with van der Waals surface area (Å²) in [5.41, 5.74) is 0. The molecule has 3 unspecified atom stereocenters. The van der Waals surface area contributed by atoms with Gasteiger partial charge < -0.3 is 10.2 Å². The fourth-order valence-corrected chi connectivity index (χ4v) is 2.64. The maximum atomic E-state index is 12.3. The zero-order chi connectivity index (χ0) is 13.0. The van der Waals surface area contributed by atoms with E-state index in [2.05, 4.69) is 33.0 Å². The second kappa shape index (κ2) is 6.39. The van der Waals surface area contributed by atoms with E-state index in [9.17, 15) is 4.79 Å². The van der Waals surface area contributed by atoms with Crippen LogP contribution in [0.3, 0.4) is 0 Å². The van der Waals surface area contributed by atoms with Crippen molar-refractivity contribution < 1.29 is 4.79 Å². The molecule has 1 rings (SSSR count). The van der Waals surface area contributed by atoms with E-state index in [0.717, 1.165) is 19.3 Å². The van der Waals surface area contributed by atoms with Crippen LogP contribution in [0.1, 0.15) is 53.4 Å². The summed E-state index contributed by atoms with van der Waals surface area (Å²) in [6, 6.07) is 0.853. The third-order valence-electron chi connectivity index (χ3n) is 3.74. The summed E-state index contributed by atoms with van der Waals surface area (Å²) in [6.45, 7) is 8.71. The molecule has 0 aromatic carbocycles. The molecule has 1 N–H and O–H groups in total. The first-order chi connectivity index (χ1) is 7.91. The standard InChI is InChI=1S/C14H28N2O/c1-10(2)9-12(4)16(5)14(17)13-8-6-7-11(3)15-13/h10-13,15H,6-9H2,1-5H3. The van der Waals surface area contributed by atoms with Gasteiger partial charge in [-0.3, -0.25) is 4.79 Å². The summed E-state index contributed by atoms with van der Waals surface area (Å²) in [7, 11) is 1.94. The van der Waals surface area contributed by atoms with E-state index in [1.165, 1.54) is 6.42 Å². The first-order valence-corrected chi connectivity index (χ1v) is 6.94. The Labute approximate surface area is 106 Å². The third kappa shape index (κ3) is 4.30. The predicted molar refractivity (Wildman–Crippen MR) is 71.9 cm³/mol. The lowest BCUT2D eigenvalue weighted by Gasteiger charge is -2.34. The van der Waals surface area contributed by atoms with Crippen molar-refractivity contribution in [3.8, 4) is 0 Å². The normalized spacial score (nSPS) is 26.9. The molecule has 100 valence electrons. The molecule has 3 heteroatoms. The molecule has 17 heavy (non-hydrogen) atoms. The number of likely N-dealkylation sites (N-methyl/N-ethyl adjacent to an activating group) is 1. The lowest BCUT2D eigenvalue weighted by Crippen LogP contribution is -2.52. The molecule has 1 fully saturated rings. The molecule has 0 saturated carbocycles. The Morgan fingerprint density at radius 1 is 1.35 bits per heavy atom. The number of hydrogen-bond acceptors (Lipinski definition) is 2. The summed E-state index contributed by atoms with van der Waals surface area (Å²) in [5.74, 6) is 0.906. The van der Waals surface area contributed by atoms with Crippen molar-refractivity contribution in [2.75, 3.05) is 7.05 Å². The van der Waals surface area contributed by atoms with Crippen molar-refractivity contribution in [3.63, 3.8) is 0 Å². The number of carbonyl (C=O) groups is 1. The van der Waals surface area contributed by atoms with E-state index in [-0.39, 0.29) is 11.9 Å². The van der Waals surface area contributed by atoms with E-state index >= 15 is 0 Å². The van der Waals surface area contributed by atoms with Crippen LogP contribution in [0.2, 0.25) is 0 Å². The van der Waals surface area contributed by atoms with Crippen LogP contribution >= 0.6 is 0 Å². The van der Waals surface area contributed by atoms with Crippen molar-refractivity contribution in [2.45, 2.75) is 71.5 Å². The summed E-state index contributed by atoms with van der Waals surface area (Å²) < 4.78 is 0. The van der Waals surface area contributed by atoms with E-state index < -0.39 is 0 Å². The van der Waals surface area contributed by atoms with Crippen molar-refractivity contribution in [1.29, 1.82) is 0 Å². The number of nitrogens with zero attached hydrogens (tertiary/aromatic N) is 1. The van der Waals surface area contributed by atoms with Gasteiger partial charge in [-0.1, -0.05) is 13.8 Å². The van der Waals surface area contributed by atoms with Gasteiger partial charge in [-0.2, -0.15) is 0 Å². The Balaban J connectivity index is 2.50. The van der Waals surface area contributed by atoms with Crippen LogP contribution in [0.25, 0.3) is 0 Å². The predicted octanol–water partition coefficient (Wildman–Crippen LogP) is 2.41. The molecule has 0 aromatic rings. The fraction of sp³-hybridized carbons (Fsp3) is 0.929. The van der Waals surface area contributed by atoms with Crippen LogP contribution in [0, 0.1) is 5.92 Å². The molecular formula is C14H28N2O. The quantitative estimate of drug-likeness (QED) is 0.818. The molecule has 3 nitrogen and oxygen atoms in total. The Kier molecular flexibility index (Phi) is 5.44. The Hall–Kier alpha value is -0.570. The minimum Gasteiger partial charge on any atom is -0.342 e. The lowest BCUT2D eigenvalue weighted by atomic mass is 9.97. The van der Waals surface area contributed by atoms with Gasteiger partial charge in [0.25, 0.3) is 0 Å². The van der Waals surface area contributed by atoms with Crippen LogP contribution in [0.5, 0.6) is 0 Å². The highest BCUT2D eigenvalue weighted by atomic mass is 16.2. The van der Waals surface area contributed by atoms with Gasteiger partial charge in [-0.15, -0.1) is 0 Å². The molecule has 1 amide bonds. The lowest BCUT2D eigenvalue weighted by molar-refractivity contribution is -0.135. The van der Waals surface area contributed by atoms with Gasteiger partial charge in [-0.05, 0) is 45.4 Å². The molecule has 0 spiro atoms. The zero-order valence-electron chi connectivity index (χ0n) is 12.0. The number of nitrogens with one attached hydrogen (secondary N) is 1. The third-order valence-corrected chi connectivity index (χ3v) is 3.74. The Morgan fingerprint density at radius 2 is 2.00 bits per heavy atom. The van der Waals surface area contributed by atoms with Gasteiger partial charge in [0.2, 0.25) is 5.91 Å². The topological polar surface area (TPSA) is 32.3 Å². The van der Waals surface area contributed by atoms with Crippen LogP contribution in [0.4, 0.5) is 0 Å². The minimum absolute atomic E-state index is 0.0402. The van der Waals surface area contributed by atoms with Crippen molar-refractivity contribution in [2.24, 2.45) is 5.92 Å². The molecule has 1 aliphatic rings. The highest BCUT2D eigenvalue weighted by molar-refractivity contribution is 5.82. The van der Waals surface area contributed by atoms with Gasteiger partial charge in [0.1, 0.15) is 0 Å². The molecule has 1 aliphatic heterocycles. The molecule has 0 bridgehead atoms. The van der Waals surface area contributed by atoms with Crippen LogP contribution in [0.15, 0.2) is 0 Å². The van der Waals surface area contributed by atoms with Gasteiger partial charge in [0.05, 0.1) is 6.04 Å². The SMILES string of the molecule is CC(C)CC(C)N(C)C(=O)C1CCCC(C)N1. The molecule has 0 aromatic heterocycles. The number of carbonyl (C=O) groups excluding carboxylic acids is 1. The highest BCUT2D eigenvalue weighted by Crippen LogP contribution is 2.16. The van der Waals surface area contributed by atoms with Crippen LogP contribution in [-0.2, 0) is 4.79 Å². The van der Waals surface area contributed by atoms with Crippen molar-refractivity contribution in [1.82, 2.24) is 10.2 Å². The molecule has 0 aliphatic carbocycles. The molecule has 1 heterocycles. The van der Waals surface area contributed by atoms with Gasteiger partial charge in [-0.25, -0.2) is 0 Å². The van der Waals surface area contributed by atoms with E-state index in [1.54, 1.807) is 0 Å². The van der Waals surface area contributed by atoms with Crippen LogP contribution < -0.4 is 5.32 Å². The number of hydrogen-bond donors (Lipinski definition) is 1. The van der Waals surface area contributed by atoms with Gasteiger partial charge in [0.15, 0.2) is 0 Å². The minimum atomic E-state index is 0.0402. The average molecular weight is 240 g/mol. The number of piperidine rings is 1. The molecule has 0 radical (unpaired) electrons. The molecule has 1 saturated heterocycles. The Bertz CT molecular complexity index is 253. The maximum Gasteiger partial charge on any atom is 0.239 e. The summed E-state index contributed by atoms with van der Waals surface area (Å²) in [5, 5.41) is 3.41. The summed E-state index contributed by atoms with van der Waals surface area (Å²) >= 11 is 0. The maximum absolute atomic E-state index is 12.3. The number of rotatable bonds is 4. The average Bonchev–Trinajstić information content (AvgIpc) is 2.26. The first-order valence-electron chi connectivity index (χ1n) is 6.94. The second-order valence-electron chi connectivity index (χ2n) is 5.98. The molecular weight excluding hydrogens is 212 g/mol. The smallest absolute Gasteiger partial charge is 0.239 e. The summed E-state index contributed by atoms with van der Waals surface area (Å²) in [4.78, 5) is 14.3. The first kappa shape index (κ1) is 14.5. The Morgan fingerprint density at radius 3 is 2.53 bits per heavy atom. The summed E-state index contributed by atoms with van der Waals surface area (Å²) in [6.07, 6.45) is 4.42. The van der Waals surface area contributed by atoms with Crippen molar-refractivity contribution in [3.05, 3.63) is 0 Å². The fourth-order valence-electron chi connectivity index (χ4n) is 2.64. The number of amides is 1. The van der Waals surface area contributed by atoms with Crippen molar-refractivity contribution >= 4 is 5.91 Å². The molecule has 3 atom stereocenters. The highest BCUT2D eigenvalue weighted by Gasteiger charge is 2.28. The van der Waals surface area contributed by atoms with E-state index in [1.807, 2.05) is 11.9 Å². The largest absolute Gasteiger partial charge is 0.342 e. The van der Waals surface area contributed by atoms with E-state index in [0.29, 0.717) is 18.0 Å². The van der Waals surface area contributed by atoms with Crippen LogP contribution in [-0.4, -0.2) is 36.0 Å². The zero-order valence-corrected chi connectivity index (χ0v) is 12.0. The van der Waals surface area contributed by atoms with E-state index in [4.69, 9.17) is 0 Å². The van der Waals surface area contributed by atoms with Gasteiger partial charge in [0, 0.05) is 19.1 Å². The monoisotopic (exact) mass is 240 g/mol. The second-order valence-corrected chi connectivity index (χ2v) is 5.98. The van der Waals surface area contributed by atoms with Gasteiger partial charge >= 0.3 is 0 Å².